The van der Waals surface area contributed by atoms with Gasteiger partial charge in [-0.05, 0) is 44.2 Å². The fourth-order valence-corrected chi connectivity index (χ4v) is 3.77. The highest BCUT2D eigenvalue weighted by atomic mass is 35.5. The first-order chi connectivity index (χ1) is 14.9. The average molecular weight is 441 g/mol. The topological polar surface area (TPSA) is 80.3 Å². The van der Waals surface area contributed by atoms with Gasteiger partial charge in [0.05, 0.1) is 12.2 Å². The van der Waals surface area contributed by atoms with Crippen molar-refractivity contribution in [2.75, 3.05) is 26.2 Å². The maximum Gasteiger partial charge on any atom is 0.246 e. The van der Waals surface area contributed by atoms with Crippen LogP contribution in [-0.2, 0) is 18.4 Å². The third kappa shape index (κ3) is 4.86. The summed E-state index contributed by atoms with van der Waals surface area (Å²) < 4.78 is 7.23. The van der Waals surface area contributed by atoms with Crippen LogP contribution >= 0.6 is 11.6 Å². The van der Waals surface area contributed by atoms with E-state index in [1.807, 2.05) is 48.7 Å². The molecule has 0 aliphatic carbocycles. The van der Waals surface area contributed by atoms with Gasteiger partial charge in [0.1, 0.15) is 0 Å². The Morgan fingerprint density at radius 2 is 1.87 bits per heavy atom. The largest absolute Gasteiger partial charge is 0.338 e. The molecule has 0 radical (unpaired) electrons. The lowest BCUT2D eigenvalue weighted by atomic mass is 10.2. The van der Waals surface area contributed by atoms with Crippen LogP contribution in [0.5, 0.6) is 0 Å². The van der Waals surface area contributed by atoms with Crippen LogP contribution < -0.4 is 0 Å². The molecule has 1 saturated heterocycles. The summed E-state index contributed by atoms with van der Waals surface area (Å²) in [6.07, 6.45) is 3.51. The normalized spacial score (nSPS) is 15.2. The molecule has 9 heteroatoms. The number of hydrogen-bond donors (Lipinski definition) is 0. The number of aromatic nitrogens is 4. The lowest BCUT2D eigenvalue weighted by Crippen LogP contribution is -2.47. The van der Waals surface area contributed by atoms with E-state index in [2.05, 4.69) is 20.1 Å². The molecule has 1 amide bonds. The number of amides is 1. The molecule has 3 heterocycles. The SMILES string of the molecule is Cc1nn(C)c(C)c1/C=C/C(=O)N1CCN(Cc2nc(-c3ccc(Cl)cc3)no2)CC1. The number of halogens is 1. The standard InChI is InChI=1S/C22H25ClN6O2/c1-15-19(16(2)27(3)25-15)8-9-21(30)29-12-10-28(11-13-29)14-20-24-22(26-31-20)17-4-6-18(23)7-5-17/h4-9H,10-14H2,1-3H3/b9-8+. The van der Waals surface area contributed by atoms with Crippen LogP contribution in [-0.4, -0.2) is 61.8 Å². The molecule has 0 spiro atoms. The minimum Gasteiger partial charge on any atom is -0.338 e. The second kappa shape index (κ2) is 9.03. The van der Waals surface area contributed by atoms with Crippen LogP contribution in [0.25, 0.3) is 17.5 Å². The molecule has 1 aliphatic rings. The van der Waals surface area contributed by atoms with Crippen molar-refractivity contribution in [1.82, 2.24) is 29.7 Å². The molecule has 1 aliphatic heterocycles. The van der Waals surface area contributed by atoms with Crippen molar-refractivity contribution in [2.24, 2.45) is 7.05 Å². The Bertz CT molecular complexity index is 1090. The maximum atomic E-state index is 12.6. The van der Waals surface area contributed by atoms with Crippen molar-refractivity contribution >= 4 is 23.6 Å². The number of hydrogen-bond acceptors (Lipinski definition) is 6. The summed E-state index contributed by atoms with van der Waals surface area (Å²) in [6.45, 7) is 7.34. The maximum absolute atomic E-state index is 12.6. The number of aryl methyl sites for hydroxylation is 2. The predicted molar refractivity (Wildman–Crippen MR) is 118 cm³/mol. The van der Waals surface area contributed by atoms with Crippen molar-refractivity contribution in [3.8, 4) is 11.4 Å². The molecular formula is C22H25ClN6O2. The van der Waals surface area contributed by atoms with Gasteiger partial charge in [-0.1, -0.05) is 16.8 Å². The van der Waals surface area contributed by atoms with Gasteiger partial charge < -0.3 is 9.42 Å². The fraction of sp³-hybridized carbons (Fsp3) is 0.364. The number of piperazine rings is 1. The van der Waals surface area contributed by atoms with Crippen molar-refractivity contribution in [2.45, 2.75) is 20.4 Å². The summed E-state index contributed by atoms with van der Waals surface area (Å²) >= 11 is 5.93. The second-order valence-electron chi connectivity index (χ2n) is 7.66. The van der Waals surface area contributed by atoms with Crippen molar-refractivity contribution in [1.29, 1.82) is 0 Å². The lowest BCUT2D eigenvalue weighted by molar-refractivity contribution is -0.127. The molecule has 1 fully saturated rings. The van der Waals surface area contributed by atoms with Gasteiger partial charge in [0.25, 0.3) is 0 Å². The van der Waals surface area contributed by atoms with Gasteiger partial charge in [-0.25, -0.2) is 0 Å². The molecule has 31 heavy (non-hydrogen) atoms. The number of carbonyl (C=O) groups is 1. The third-order valence-corrected chi connectivity index (χ3v) is 5.82. The first-order valence-corrected chi connectivity index (χ1v) is 10.6. The summed E-state index contributed by atoms with van der Waals surface area (Å²) in [5, 5.41) is 9.11. The van der Waals surface area contributed by atoms with Crippen LogP contribution in [0.1, 0.15) is 22.8 Å². The molecule has 162 valence electrons. The average Bonchev–Trinajstić information content (AvgIpc) is 3.32. The Labute approximate surface area is 186 Å². The van der Waals surface area contributed by atoms with E-state index in [-0.39, 0.29) is 5.91 Å². The molecule has 0 atom stereocenters. The fourth-order valence-electron chi connectivity index (χ4n) is 3.64. The first-order valence-electron chi connectivity index (χ1n) is 10.2. The molecule has 0 bridgehead atoms. The third-order valence-electron chi connectivity index (χ3n) is 5.57. The molecule has 1 aromatic carbocycles. The van der Waals surface area contributed by atoms with Crippen molar-refractivity contribution < 1.29 is 9.32 Å². The van der Waals surface area contributed by atoms with Crippen LogP contribution in [0.3, 0.4) is 0 Å². The van der Waals surface area contributed by atoms with Crippen LogP contribution in [0.15, 0.2) is 34.9 Å². The highest BCUT2D eigenvalue weighted by Crippen LogP contribution is 2.19. The van der Waals surface area contributed by atoms with Crippen LogP contribution in [0, 0.1) is 13.8 Å². The van der Waals surface area contributed by atoms with Gasteiger partial charge in [0.2, 0.25) is 17.6 Å². The molecule has 0 N–H and O–H groups in total. The van der Waals surface area contributed by atoms with Gasteiger partial charge in [-0.15, -0.1) is 0 Å². The van der Waals surface area contributed by atoms with E-state index < -0.39 is 0 Å². The van der Waals surface area contributed by atoms with Crippen LogP contribution in [0.4, 0.5) is 0 Å². The first kappa shape index (κ1) is 21.3. The van der Waals surface area contributed by atoms with Gasteiger partial charge in [0, 0.05) is 61.1 Å². The number of nitrogens with zero attached hydrogens (tertiary/aromatic N) is 6. The van der Waals surface area contributed by atoms with Crippen molar-refractivity contribution in [3.05, 3.63) is 58.2 Å². The summed E-state index contributed by atoms with van der Waals surface area (Å²) in [5.41, 5.74) is 3.83. The minimum absolute atomic E-state index is 0.0186. The number of rotatable bonds is 5. The summed E-state index contributed by atoms with van der Waals surface area (Å²) in [5.74, 6) is 1.13. The highest BCUT2D eigenvalue weighted by molar-refractivity contribution is 6.30. The predicted octanol–water partition coefficient (Wildman–Crippen LogP) is 3.10. The zero-order valence-electron chi connectivity index (χ0n) is 17.9. The monoisotopic (exact) mass is 440 g/mol. The van der Waals surface area contributed by atoms with Gasteiger partial charge in [-0.3, -0.25) is 14.4 Å². The number of benzene rings is 1. The lowest BCUT2D eigenvalue weighted by Gasteiger charge is -2.33. The summed E-state index contributed by atoms with van der Waals surface area (Å²) in [6, 6.07) is 7.33. The smallest absolute Gasteiger partial charge is 0.246 e. The Morgan fingerprint density at radius 3 is 2.52 bits per heavy atom. The quantitative estimate of drug-likeness (QED) is 0.567. The van der Waals surface area contributed by atoms with E-state index in [9.17, 15) is 4.79 Å². The van der Waals surface area contributed by atoms with E-state index in [0.29, 0.717) is 36.4 Å². The molecule has 2 aromatic heterocycles. The zero-order valence-corrected chi connectivity index (χ0v) is 18.6. The molecule has 3 aromatic rings. The molecule has 4 rings (SSSR count). The Hall–Kier alpha value is -2.97. The van der Waals surface area contributed by atoms with E-state index in [0.717, 1.165) is 35.6 Å². The van der Waals surface area contributed by atoms with E-state index >= 15 is 0 Å². The Balaban J connectivity index is 1.30. The summed E-state index contributed by atoms with van der Waals surface area (Å²) in [7, 11) is 1.91. The molecule has 0 unspecified atom stereocenters. The van der Waals surface area contributed by atoms with Gasteiger partial charge >= 0.3 is 0 Å². The van der Waals surface area contributed by atoms with Crippen LogP contribution in [0.2, 0.25) is 5.02 Å². The Morgan fingerprint density at radius 1 is 1.16 bits per heavy atom. The van der Waals surface area contributed by atoms with Gasteiger partial charge in [-0.2, -0.15) is 10.1 Å². The van der Waals surface area contributed by atoms with Gasteiger partial charge in [0.15, 0.2) is 0 Å². The number of carbonyl (C=O) groups excluding carboxylic acids is 1. The minimum atomic E-state index is 0.0186. The van der Waals surface area contributed by atoms with E-state index in [1.165, 1.54) is 0 Å². The molecule has 0 saturated carbocycles. The molecular weight excluding hydrogens is 416 g/mol. The van der Waals surface area contributed by atoms with E-state index in [1.54, 1.807) is 18.2 Å². The van der Waals surface area contributed by atoms with E-state index in [4.69, 9.17) is 16.1 Å². The molecule has 8 nitrogen and oxygen atoms in total. The van der Waals surface area contributed by atoms with Crippen molar-refractivity contribution in [3.63, 3.8) is 0 Å². The summed E-state index contributed by atoms with van der Waals surface area (Å²) in [4.78, 5) is 21.1. The highest BCUT2D eigenvalue weighted by Gasteiger charge is 2.22. The second-order valence-corrected chi connectivity index (χ2v) is 8.10. The Kier molecular flexibility index (Phi) is 6.20. The zero-order chi connectivity index (χ0) is 22.0.